The molecule has 78 valence electrons. The van der Waals surface area contributed by atoms with Crippen LogP contribution in [0.5, 0.6) is 5.75 Å². The fraction of sp³-hybridized carbons (Fsp3) is 0.455. The van der Waals surface area contributed by atoms with Crippen molar-refractivity contribution in [2.24, 2.45) is 0 Å². The van der Waals surface area contributed by atoms with Crippen LogP contribution in [0.2, 0.25) is 0 Å². The SMILES string of the molecule is Cc1c(N)cccc1OCCC(C)O. The van der Waals surface area contributed by atoms with Gasteiger partial charge in [-0.3, -0.25) is 0 Å². The summed E-state index contributed by atoms with van der Waals surface area (Å²) >= 11 is 0. The van der Waals surface area contributed by atoms with Crippen molar-refractivity contribution < 1.29 is 9.84 Å². The number of hydrogen-bond donors (Lipinski definition) is 2. The van der Waals surface area contributed by atoms with Crippen LogP contribution in [0.15, 0.2) is 18.2 Å². The number of nitrogen functional groups attached to an aromatic ring is 1. The minimum absolute atomic E-state index is 0.323. The van der Waals surface area contributed by atoms with Gasteiger partial charge in [0.25, 0.3) is 0 Å². The van der Waals surface area contributed by atoms with E-state index in [0.29, 0.717) is 13.0 Å². The molecule has 1 aromatic rings. The van der Waals surface area contributed by atoms with Crippen molar-refractivity contribution in [1.82, 2.24) is 0 Å². The Hall–Kier alpha value is -1.22. The van der Waals surface area contributed by atoms with Crippen molar-refractivity contribution in [3.05, 3.63) is 23.8 Å². The molecule has 0 radical (unpaired) electrons. The molecular weight excluding hydrogens is 178 g/mol. The van der Waals surface area contributed by atoms with E-state index in [1.807, 2.05) is 25.1 Å². The Labute approximate surface area is 84.5 Å². The van der Waals surface area contributed by atoms with Gasteiger partial charge in [-0.1, -0.05) is 6.07 Å². The quantitative estimate of drug-likeness (QED) is 0.719. The van der Waals surface area contributed by atoms with E-state index < -0.39 is 0 Å². The summed E-state index contributed by atoms with van der Waals surface area (Å²) in [5.41, 5.74) is 7.42. The highest BCUT2D eigenvalue weighted by Gasteiger charge is 2.02. The van der Waals surface area contributed by atoms with Gasteiger partial charge in [-0.05, 0) is 26.0 Å². The predicted octanol–water partition coefficient (Wildman–Crippen LogP) is 1.73. The summed E-state index contributed by atoms with van der Waals surface area (Å²) in [6.45, 7) is 4.19. The predicted molar refractivity (Wildman–Crippen MR) is 57.4 cm³/mol. The zero-order valence-electron chi connectivity index (χ0n) is 8.66. The molecule has 0 amide bonds. The van der Waals surface area contributed by atoms with Crippen LogP contribution < -0.4 is 10.5 Å². The van der Waals surface area contributed by atoms with Crippen LogP contribution in [0.1, 0.15) is 18.9 Å². The zero-order chi connectivity index (χ0) is 10.6. The normalized spacial score (nSPS) is 12.5. The lowest BCUT2D eigenvalue weighted by atomic mass is 10.2. The summed E-state index contributed by atoms with van der Waals surface area (Å²) in [4.78, 5) is 0. The molecule has 3 nitrogen and oxygen atoms in total. The Morgan fingerprint density at radius 1 is 1.50 bits per heavy atom. The average molecular weight is 195 g/mol. The van der Waals surface area contributed by atoms with E-state index in [2.05, 4.69) is 0 Å². The molecule has 3 N–H and O–H groups in total. The topological polar surface area (TPSA) is 55.5 Å². The minimum Gasteiger partial charge on any atom is -0.493 e. The zero-order valence-corrected chi connectivity index (χ0v) is 8.66. The maximum atomic E-state index is 9.05. The number of aliphatic hydroxyl groups is 1. The first-order valence-electron chi connectivity index (χ1n) is 4.77. The standard InChI is InChI=1S/C11H17NO2/c1-8(13)6-7-14-11-5-3-4-10(12)9(11)2/h3-5,8,13H,6-7,12H2,1-2H3. The molecule has 3 heteroatoms. The first-order chi connectivity index (χ1) is 6.61. The number of anilines is 1. The number of benzene rings is 1. The monoisotopic (exact) mass is 195 g/mol. The highest BCUT2D eigenvalue weighted by molar-refractivity contribution is 5.53. The Kier molecular flexibility index (Phi) is 3.77. The molecule has 0 spiro atoms. The third-order valence-electron chi connectivity index (χ3n) is 2.12. The molecule has 1 aromatic carbocycles. The lowest BCUT2D eigenvalue weighted by Crippen LogP contribution is -2.08. The molecular formula is C11H17NO2. The first kappa shape index (κ1) is 10.9. The van der Waals surface area contributed by atoms with E-state index in [-0.39, 0.29) is 6.10 Å². The summed E-state index contributed by atoms with van der Waals surface area (Å²) in [5.74, 6) is 0.797. The highest BCUT2D eigenvalue weighted by atomic mass is 16.5. The largest absolute Gasteiger partial charge is 0.493 e. The van der Waals surface area contributed by atoms with E-state index in [1.165, 1.54) is 0 Å². The molecule has 0 saturated heterocycles. The third kappa shape index (κ3) is 2.92. The second kappa shape index (κ2) is 4.86. The molecule has 0 fully saturated rings. The summed E-state index contributed by atoms with van der Waals surface area (Å²) in [6.07, 6.45) is 0.310. The van der Waals surface area contributed by atoms with E-state index in [0.717, 1.165) is 17.0 Å². The summed E-state index contributed by atoms with van der Waals surface area (Å²) in [5, 5.41) is 9.05. The van der Waals surface area contributed by atoms with Gasteiger partial charge in [0.15, 0.2) is 0 Å². The van der Waals surface area contributed by atoms with Crippen LogP contribution >= 0.6 is 0 Å². The van der Waals surface area contributed by atoms with Gasteiger partial charge in [0.1, 0.15) is 5.75 Å². The maximum absolute atomic E-state index is 9.05. The fourth-order valence-electron chi connectivity index (χ4n) is 1.13. The van der Waals surface area contributed by atoms with E-state index in [9.17, 15) is 0 Å². The van der Waals surface area contributed by atoms with Crippen molar-refractivity contribution >= 4 is 5.69 Å². The molecule has 0 heterocycles. The van der Waals surface area contributed by atoms with Gasteiger partial charge in [0.2, 0.25) is 0 Å². The van der Waals surface area contributed by atoms with Crippen LogP contribution in [0.25, 0.3) is 0 Å². The fourth-order valence-corrected chi connectivity index (χ4v) is 1.13. The van der Waals surface area contributed by atoms with Gasteiger partial charge in [0.05, 0.1) is 12.7 Å². The van der Waals surface area contributed by atoms with Crippen molar-refractivity contribution in [2.75, 3.05) is 12.3 Å². The second-order valence-corrected chi connectivity index (χ2v) is 3.46. The van der Waals surface area contributed by atoms with Crippen LogP contribution in [0, 0.1) is 6.92 Å². The maximum Gasteiger partial charge on any atom is 0.124 e. The molecule has 14 heavy (non-hydrogen) atoms. The van der Waals surface area contributed by atoms with Gasteiger partial charge >= 0.3 is 0 Å². The lowest BCUT2D eigenvalue weighted by molar-refractivity contribution is 0.155. The Bertz CT molecular complexity index is 297. The third-order valence-corrected chi connectivity index (χ3v) is 2.12. The van der Waals surface area contributed by atoms with Crippen molar-refractivity contribution in [2.45, 2.75) is 26.4 Å². The molecule has 0 aromatic heterocycles. The first-order valence-corrected chi connectivity index (χ1v) is 4.77. The number of nitrogens with two attached hydrogens (primary N) is 1. The van der Waals surface area contributed by atoms with Crippen LogP contribution in [0.3, 0.4) is 0 Å². The number of hydrogen-bond acceptors (Lipinski definition) is 3. The van der Waals surface area contributed by atoms with E-state index in [1.54, 1.807) is 6.92 Å². The number of rotatable bonds is 4. The van der Waals surface area contributed by atoms with Gasteiger partial charge in [0, 0.05) is 17.7 Å². The van der Waals surface area contributed by atoms with Crippen molar-refractivity contribution in [1.29, 1.82) is 0 Å². The molecule has 1 atom stereocenters. The van der Waals surface area contributed by atoms with Crippen LogP contribution in [-0.4, -0.2) is 17.8 Å². The van der Waals surface area contributed by atoms with Crippen molar-refractivity contribution in [3.63, 3.8) is 0 Å². The molecule has 0 aliphatic carbocycles. The molecule has 1 rings (SSSR count). The smallest absolute Gasteiger partial charge is 0.124 e. The molecule has 0 bridgehead atoms. The molecule has 0 aliphatic heterocycles. The van der Waals surface area contributed by atoms with Gasteiger partial charge in [-0.15, -0.1) is 0 Å². The minimum atomic E-state index is -0.323. The molecule has 1 unspecified atom stereocenters. The average Bonchev–Trinajstić information content (AvgIpc) is 2.12. The van der Waals surface area contributed by atoms with Gasteiger partial charge in [-0.2, -0.15) is 0 Å². The van der Waals surface area contributed by atoms with Gasteiger partial charge in [-0.25, -0.2) is 0 Å². The summed E-state index contributed by atoms with van der Waals surface area (Å²) in [7, 11) is 0. The van der Waals surface area contributed by atoms with Gasteiger partial charge < -0.3 is 15.6 Å². The second-order valence-electron chi connectivity index (χ2n) is 3.46. The summed E-state index contributed by atoms with van der Waals surface area (Å²) < 4.78 is 5.49. The van der Waals surface area contributed by atoms with Crippen LogP contribution in [0.4, 0.5) is 5.69 Å². The Balaban J connectivity index is 2.54. The van der Waals surface area contributed by atoms with Crippen molar-refractivity contribution in [3.8, 4) is 5.75 Å². The lowest BCUT2D eigenvalue weighted by Gasteiger charge is -2.11. The summed E-state index contributed by atoms with van der Waals surface area (Å²) in [6, 6.07) is 5.59. The molecule has 0 saturated carbocycles. The Morgan fingerprint density at radius 3 is 2.86 bits per heavy atom. The highest BCUT2D eigenvalue weighted by Crippen LogP contribution is 2.22. The number of aliphatic hydroxyl groups excluding tert-OH is 1. The van der Waals surface area contributed by atoms with E-state index in [4.69, 9.17) is 15.6 Å². The number of ether oxygens (including phenoxy) is 1. The molecule has 0 aliphatic rings. The Morgan fingerprint density at radius 2 is 2.21 bits per heavy atom. The van der Waals surface area contributed by atoms with E-state index >= 15 is 0 Å². The van der Waals surface area contributed by atoms with Crippen LogP contribution in [-0.2, 0) is 0 Å².